The van der Waals surface area contributed by atoms with E-state index in [0.717, 1.165) is 22.5 Å². The van der Waals surface area contributed by atoms with Gasteiger partial charge in [-0.3, -0.25) is 9.97 Å². The second kappa shape index (κ2) is 6.95. The third kappa shape index (κ3) is 3.44. The van der Waals surface area contributed by atoms with Crippen LogP contribution in [0.4, 0.5) is 0 Å². The molecule has 2 atom stereocenters. The number of allylic oxidation sites excluding steroid dienone is 2. The van der Waals surface area contributed by atoms with Gasteiger partial charge in [0.2, 0.25) is 0 Å². The van der Waals surface area contributed by atoms with Crippen molar-refractivity contribution in [2.24, 2.45) is 0 Å². The number of halogens is 2. The number of nitrogens with zero attached hydrogens (tertiary/aromatic N) is 2. The van der Waals surface area contributed by atoms with Gasteiger partial charge >= 0.3 is 0 Å². The molecule has 0 bridgehead atoms. The second-order valence-electron chi connectivity index (χ2n) is 4.22. The van der Waals surface area contributed by atoms with Gasteiger partial charge in [0.15, 0.2) is 0 Å². The molecule has 2 nitrogen and oxygen atoms in total. The van der Waals surface area contributed by atoms with Gasteiger partial charge in [0.05, 0.1) is 21.0 Å². The zero-order valence-corrected chi connectivity index (χ0v) is 14.0. The van der Waals surface area contributed by atoms with E-state index < -0.39 is 0 Å². The average Bonchev–Trinajstić information content (AvgIpc) is 2.53. The lowest BCUT2D eigenvalue weighted by Gasteiger charge is -2.09. The normalized spacial score (nSPS) is 13.5. The second-order valence-corrected chi connectivity index (χ2v) is 6.20. The Kier molecular flexibility index (Phi) is 5.26. The Hall–Kier alpha value is -1.26. The van der Waals surface area contributed by atoms with Crippen LogP contribution < -0.4 is 0 Å². The molecule has 4 heteroatoms. The zero-order chi connectivity index (χ0) is 14.5. The minimum absolute atomic E-state index is 0.115. The number of aromatic nitrogens is 2. The molecule has 102 valence electrons. The van der Waals surface area contributed by atoms with Crippen molar-refractivity contribution in [3.05, 3.63) is 73.1 Å². The molecule has 2 rings (SSSR count). The lowest BCUT2D eigenvalue weighted by molar-refractivity contribution is 1.16. The van der Waals surface area contributed by atoms with Crippen molar-refractivity contribution in [2.45, 2.75) is 9.65 Å². The van der Waals surface area contributed by atoms with Gasteiger partial charge in [-0.05, 0) is 35.4 Å². The smallest absolute Gasteiger partial charge is 0.0889 e. The predicted octanol–water partition coefficient (Wildman–Crippen LogP) is 5.39. The van der Waals surface area contributed by atoms with Crippen LogP contribution in [0.25, 0.3) is 11.4 Å². The van der Waals surface area contributed by atoms with Gasteiger partial charge in [-0.1, -0.05) is 44.0 Å². The highest BCUT2D eigenvalue weighted by atomic mass is 79.9. The van der Waals surface area contributed by atoms with Crippen LogP contribution in [0.15, 0.2) is 62.0 Å². The zero-order valence-electron chi connectivity index (χ0n) is 10.8. The van der Waals surface area contributed by atoms with E-state index in [2.05, 4.69) is 55.0 Å². The lowest BCUT2D eigenvalue weighted by atomic mass is 10.1. The fraction of sp³-hybridized carbons (Fsp3) is 0.125. The number of hydrogen-bond donors (Lipinski definition) is 0. The number of pyridine rings is 2. The van der Waals surface area contributed by atoms with Gasteiger partial charge in [-0.25, -0.2) is 0 Å². The molecular weight excluding hydrogens is 380 g/mol. The number of rotatable bonds is 5. The third-order valence-corrected chi connectivity index (χ3v) is 4.69. The maximum atomic E-state index is 4.39. The van der Waals surface area contributed by atoms with Crippen molar-refractivity contribution in [3.63, 3.8) is 0 Å². The molecule has 0 fully saturated rings. The fourth-order valence-electron chi connectivity index (χ4n) is 1.79. The summed E-state index contributed by atoms with van der Waals surface area (Å²) < 4.78 is 0. The van der Waals surface area contributed by atoms with E-state index in [1.54, 1.807) is 12.4 Å². The fourth-order valence-corrected chi connectivity index (χ4v) is 2.36. The first kappa shape index (κ1) is 15.1. The molecule has 0 aliphatic rings. The summed E-state index contributed by atoms with van der Waals surface area (Å²) in [4.78, 5) is 9.02. The first-order chi connectivity index (χ1) is 9.65. The summed E-state index contributed by atoms with van der Waals surface area (Å²) in [6.45, 7) is 7.58. The summed E-state index contributed by atoms with van der Waals surface area (Å²) in [5.41, 5.74) is 3.91. The van der Waals surface area contributed by atoms with E-state index in [0.29, 0.717) is 0 Å². The topological polar surface area (TPSA) is 25.8 Å². The average molecular weight is 394 g/mol. The first-order valence-electron chi connectivity index (χ1n) is 6.11. The summed E-state index contributed by atoms with van der Waals surface area (Å²) in [6.07, 6.45) is 7.26. The summed E-state index contributed by atoms with van der Waals surface area (Å²) in [5.74, 6) is 0. The van der Waals surface area contributed by atoms with E-state index in [9.17, 15) is 0 Å². The minimum Gasteiger partial charge on any atom is -0.255 e. The molecule has 2 aromatic heterocycles. The van der Waals surface area contributed by atoms with E-state index in [4.69, 9.17) is 0 Å². The predicted molar refractivity (Wildman–Crippen MR) is 91.2 cm³/mol. The van der Waals surface area contributed by atoms with Crippen molar-refractivity contribution in [1.29, 1.82) is 0 Å². The molecule has 0 spiro atoms. The first-order valence-corrected chi connectivity index (χ1v) is 7.94. The van der Waals surface area contributed by atoms with Crippen molar-refractivity contribution in [1.82, 2.24) is 9.97 Å². The highest BCUT2D eigenvalue weighted by molar-refractivity contribution is 9.09. The van der Waals surface area contributed by atoms with Crippen LogP contribution in [0.2, 0.25) is 0 Å². The number of hydrogen-bond acceptors (Lipinski definition) is 2. The quantitative estimate of drug-likeness (QED) is 0.502. The molecule has 0 radical (unpaired) electrons. The summed E-state index contributed by atoms with van der Waals surface area (Å²) in [5, 5.41) is 0. The van der Waals surface area contributed by atoms with Gasteiger partial charge < -0.3 is 0 Å². The maximum Gasteiger partial charge on any atom is 0.0889 e. The van der Waals surface area contributed by atoms with Crippen LogP contribution in [0.3, 0.4) is 0 Å². The van der Waals surface area contributed by atoms with Gasteiger partial charge in [0.25, 0.3) is 0 Å². The largest absolute Gasteiger partial charge is 0.255 e. The van der Waals surface area contributed by atoms with Crippen LogP contribution >= 0.6 is 31.9 Å². The molecule has 2 aromatic rings. The molecular formula is C16H14Br2N2. The van der Waals surface area contributed by atoms with Crippen molar-refractivity contribution >= 4 is 31.9 Å². The molecule has 0 saturated carbocycles. The van der Waals surface area contributed by atoms with Crippen LogP contribution in [-0.4, -0.2) is 9.97 Å². The Morgan fingerprint density at radius 1 is 0.850 bits per heavy atom. The van der Waals surface area contributed by atoms with E-state index in [-0.39, 0.29) is 9.65 Å². The molecule has 2 unspecified atom stereocenters. The van der Waals surface area contributed by atoms with Crippen molar-refractivity contribution in [3.8, 4) is 11.4 Å². The molecule has 0 aliphatic heterocycles. The summed E-state index contributed by atoms with van der Waals surface area (Å²) in [6, 6.07) is 7.96. The SMILES string of the molecule is C=CC(Br)c1ccnc(-c2cc(C(Br)C=C)ccn2)c1. The Labute approximate surface area is 135 Å². The molecule has 0 saturated heterocycles. The lowest BCUT2D eigenvalue weighted by Crippen LogP contribution is -1.93. The molecule has 0 N–H and O–H groups in total. The van der Waals surface area contributed by atoms with E-state index in [1.807, 2.05) is 36.4 Å². The maximum absolute atomic E-state index is 4.39. The minimum atomic E-state index is 0.115. The monoisotopic (exact) mass is 392 g/mol. The summed E-state index contributed by atoms with van der Waals surface area (Å²) >= 11 is 7.11. The van der Waals surface area contributed by atoms with Crippen LogP contribution in [-0.2, 0) is 0 Å². The highest BCUT2D eigenvalue weighted by Crippen LogP contribution is 2.29. The molecule has 0 amide bonds. The molecule has 0 aliphatic carbocycles. The summed E-state index contributed by atoms with van der Waals surface area (Å²) in [7, 11) is 0. The van der Waals surface area contributed by atoms with Crippen LogP contribution in [0, 0.1) is 0 Å². The Bertz CT molecular complexity index is 570. The van der Waals surface area contributed by atoms with E-state index >= 15 is 0 Å². The molecule has 20 heavy (non-hydrogen) atoms. The highest BCUT2D eigenvalue weighted by Gasteiger charge is 2.09. The Morgan fingerprint density at radius 2 is 1.25 bits per heavy atom. The van der Waals surface area contributed by atoms with Crippen molar-refractivity contribution in [2.75, 3.05) is 0 Å². The van der Waals surface area contributed by atoms with Gasteiger partial charge in [-0.2, -0.15) is 0 Å². The van der Waals surface area contributed by atoms with Gasteiger partial charge in [0.1, 0.15) is 0 Å². The molecule has 2 heterocycles. The third-order valence-electron chi connectivity index (χ3n) is 2.88. The Balaban J connectivity index is 2.41. The Morgan fingerprint density at radius 3 is 1.60 bits per heavy atom. The van der Waals surface area contributed by atoms with Crippen LogP contribution in [0.1, 0.15) is 20.8 Å². The van der Waals surface area contributed by atoms with Crippen molar-refractivity contribution < 1.29 is 0 Å². The van der Waals surface area contributed by atoms with Crippen LogP contribution in [0.5, 0.6) is 0 Å². The number of alkyl halides is 2. The van der Waals surface area contributed by atoms with Gasteiger partial charge in [-0.15, -0.1) is 13.2 Å². The van der Waals surface area contributed by atoms with Gasteiger partial charge in [0, 0.05) is 12.4 Å². The van der Waals surface area contributed by atoms with E-state index in [1.165, 1.54) is 0 Å². The molecule has 0 aromatic carbocycles. The standard InChI is InChI=1S/C16H14Br2N2/c1-3-13(17)11-5-7-19-15(9-11)16-10-12(6-8-20-16)14(18)4-2/h3-10,13-14H,1-2H2.